The summed E-state index contributed by atoms with van der Waals surface area (Å²) in [6.45, 7) is 0. The highest BCUT2D eigenvalue weighted by Crippen LogP contribution is 2.50. The third-order valence-corrected chi connectivity index (χ3v) is 5.36. The number of carbonyl (C=O) groups is 1. The Balaban J connectivity index is 1.81. The normalized spacial score (nSPS) is 18.7. The number of benzene rings is 1. The fraction of sp³-hybridized carbons (Fsp3) is 0.211. The maximum atomic E-state index is 14.1. The second-order valence-corrected chi connectivity index (χ2v) is 7.37. The molecule has 0 saturated heterocycles. The minimum absolute atomic E-state index is 0.0749. The average Bonchev–Trinajstić information content (AvgIpc) is 3.38. The Morgan fingerprint density at radius 2 is 1.94 bits per heavy atom. The Hall–Kier alpha value is -2.85. The number of oxime groups is 1. The largest absolute Gasteiger partial charge is 0.464 e. The van der Waals surface area contributed by atoms with E-state index in [4.69, 9.17) is 32.5 Å². The first-order valence-corrected chi connectivity index (χ1v) is 9.26. The van der Waals surface area contributed by atoms with E-state index in [1.807, 2.05) is 0 Å². The second kappa shape index (κ2) is 7.38. The Labute approximate surface area is 181 Å². The molecule has 0 saturated carbocycles. The van der Waals surface area contributed by atoms with Crippen molar-refractivity contribution < 1.29 is 36.3 Å². The number of ether oxygens (including phenoxy) is 1. The zero-order valence-electron chi connectivity index (χ0n) is 15.4. The van der Waals surface area contributed by atoms with Gasteiger partial charge >= 0.3 is 12.1 Å². The first-order chi connectivity index (χ1) is 14.6. The minimum atomic E-state index is -4.97. The number of hydrogen-bond donors (Lipinski definition) is 0. The van der Waals surface area contributed by atoms with E-state index in [0.29, 0.717) is 0 Å². The van der Waals surface area contributed by atoms with Gasteiger partial charge in [0.15, 0.2) is 11.5 Å². The van der Waals surface area contributed by atoms with Gasteiger partial charge in [0.05, 0.1) is 46.5 Å². The quantitative estimate of drug-likeness (QED) is 0.277. The van der Waals surface area contributed by atoms with Crippen LogP contribution in [0.3, 0.4) is 0 Å². The van der Waals surface area contributed by atoms with Crippen molar-refractivity contribution in [2.45, 2.75) is 18.2 Å². The van der Waals surface area contributed by atoms with Gasteiger partial charge in [-0.15, -0.1) is 0 Å². The van der Waals surface area contributed by atoms with Gasteiger partial charge in [-0.3, -0.25) is 0 Å². The molecule has 0 radical (unpaired) electrons. The van der Waals surface area contributed by atoms with Crippen LogP contribution in [0, 0.1) is 5.82 Å². The van der Waals surface area contributed by atoms with Crippen molar-refractivity contribution >= 4 is 45.9 Å². The number of hydrogen-bond acceptors (Lipinski definition) is 6. The third kappa shape index (κ3) is 3.30. The molecule has 1 unspecified atom stereocenters. The van der Waals surface area contributed by atoms with Crippen LogP contribution in [-0.4, -0.2) is 30.0 Å². The molecule has 0 N–H and O–H groups in total. The van der Waals surface area contributed by atoms with Crippen molar-refractivity contribution in [2.75, 3.05) is 7.11 Å². The van der Waals surface area contributed by atoms with Gasteiger partial charge in [0.1, 0.15) is 5.58 Å². The van der Waals surface area contributed by atoms with Crippen LogP contribution in [0.4, 0.5) is 17.6 Å². The van der Waals surface area contributed by atoms with Crippen molar-refractivity contribution in [3.05, 3.63) is 63.3 Å². The van der Waals surface area contributed by atoms with Crippen molar-refractivity contribution in [3.63, 3.8) is 0 Å². The summed E-state index contributed by atoms with van der Waals surface area (Å²) in [5.74, 6) is -1.80. The lowest BCUT2D eigenvalue weighted by atomic mass is 9.86. The molecule has 4 rings (SSSR count). The maximum absolute atomic E-state index is 14.1. The molecule has 12 heteroatoms. The van der Waals surface area contributed by atoms with Crippen molar-refractivity contribution in [3.8, 4) is 0 Å². The summed E-state index contributed by atoms with van der Waals surface area (Å²) >= 11 is 11.4. The topological polar surface area (TPSA) is 73.9 Å². The number of methoxy groups -OCH3 is 1. The SMILES string of the molecule is COC(=O)c1ncc(C2=NOC(c3cc(Cl)c(F)c(Cl)c3)(C(F)(F)F)C2)c2occc12. The van der Waals surface area contributed by atoms with Gasteiger partial charge in [0.25, 0.3) is 5.60 Å². The van der Waals surface area contributed by atoms with Crippen LogP contribution in [0.15, 0.2) is 40.2 Å². The van der Waals surface area contributed by atoms with Crippen molar-refractivity contribution in [1.82, 2.24) is 4.98 Å². The van der Waals surface area contributed by atoms with Crippen LogP contribution in [0.2, 0.25) is 10.0 Å². The third-order valence-electron chi connectivity index (χ3n) is 4.81. The van der Waals surface area contributed by atoms with Crippen LogP contribution in [-0.2, 0) is 15.2 Å². The highest BCUT2D eigenvalue weighted by atomic mass is 35.5. The van der Waals surface area contributed by atoms with Gasteiger partial charge in [-0.05, 0) is 18.2 Å². The Morgan fingerprint density at radius 1 is 1.26 bits per heavy atom. The van der Waals surface area contributed by atoms with E-state index in [2.05, 4.69) is 14.9 Å². The van der Waals surface area contributed by atoms with Crippen LogP contribution >= 0.6 is 23.2 Å². The lowest BCUT2D eigenvalue weighted by Crippen LogP contribution is -2.42. The van der Waals surface area contributed by atoms with Crippen LogP contribution in [0.5, 0.6) is 0 Å². The van der Waals surface area contributed by atoms with E-state index in [1.54, 1.807) is 0 Å². The molecule has 1 aliphatic heterocycles. The van der Waals surface area contributed by atoms with Gasteiger partial charge in [0, 0.05) is 11.8 Å². The summed E-state index contributed by atoms with van der Waals surface area (Å²) in [6.07, 6.45) is -3.39. The van der Waals surface area contributed by atoms with E-state index in [0.717, 1.165) is 25.4 Å². The molecule has 0 bridgehead atoms. The molecule has 1 aromatic carbocycles. The number of halogens is 6. The molecule has 0 aliphatic carbocycles. The highest BCUT2D eigenvalue weighted by Gasteiger charge is 2.62. The molecule has 0 spiro atoms. The smallest absolute Gasteiger partial charge is 0.435 e. The molecular formula is C19H10Cl2F4N2O4. The second-order valence-electron chi connectivity index (χ2n) is 6.56. The molecule has 0 amide bonds. The number of alkyl halides is 3. The summed E-state index contributed by atoms with van der Waals surface area (Å²) < 4.78 is 66.2. The summed E-state index contributed by atoms with van der Waals surface area (Å²) in [4.78, 5) is 20.8. The Kier molecular flexibility index (Phi) is 5.09. The predicted molar refractivity (Wildman–Crippen MR) is 102 cm³/mol. The molecule has 0 fully saturated rings. The van der Waals surface area contributed by atoms with E-state index >= 15 is 0 Å². The fourth-order valence-electron chi connectivity index (χ4n) is 3.26. The molecule has 162 valence electrons. The average molecular weight is 477 g/mol. The number of carbonyl (C=O) groups excluding carboxylic acids is 1. The summed E-state index contributed by atoms with van der Waals surface area (Å²) in [5.41, 5.74) is -3.57. The molecule has 1 aliphatic rings. The molecule has 1 atom stereocenters. The number of esters is 1. The lowest BCUT2D eigenvalue weighted by Gasteiger charge is -2.29. The first kappa shape index (κ1) is 21.4. The molecule has 6 nitrogen and oxygen atoms in total. The zero-order valence-corrected chi connectivity index (χ0v) is 16.9. The summed E-state index contributed by atoms with van der Waals surface area (Å²) in [5, 5.41) is 2.64. The van der Waals surface area contributed by atoms with Crippen LogP contribution in [0.1, 0.15) is 28.0 Å². The van der Waals surface area contributed by atoms with Crippen molar-refractivity contribution in [1.29, 1.82) is 0 Å². The molecular weight excluding hydrogens is 467 g/mol. The standard InChI is InChI=1S/C19H10Cl2F4N2O4/c1-29-17(28)15-9-2-3-30-16(9)10(7-26-15)13-6-18(31-27-13,19(23,24)25)8-4-11(20)14(22)12(21)5-8/h2-5,7H,6H2,1H3. The van der Waals surface area contributed by atoms with Crippen molar-refractivity contribution in [2.24, 2.45) is 5.16 Å². The van der Waals surface area contributed by atoms with E-state index < -0.39 is 45.6 Å². The number of fused-ring (bicyclic) bond motifs is 1. The summed E-state index contributed by atoms with van der Waals surface area (Å²) in [6, 6.07) is 3.00. The van der Waals surface area contributed by atoms with Gasteiger partial charge < -0.3 is 14.0 Å². The molecule has 2 aromatic heterocycles. The van der Waals surface area contributed by atoms with E-state index in [9.17, 15) is 22.4 Å². The van der Waals surface area contributed by atoms with Gasteiger partial charge in [-0.1, -0.05) is 28.4 Å². The number of pyridine rings is 1. The lowest BCUT2D eigenvalue weighted by molar-refractivity contribution is -0.275. The van der Waals surface area contributed by atoms with Gasteiger partial charge in [-0.2, -0.15) is 13.2 Å². The van der Waals surface area contributed by atoms with Gasteiger partial charge in [0.2, 0.25) is 0 Å². The highest BCUT2D eigenvalue weighted by molar-refractivity contribution is 6.35. The maximum Gasteiger partial charge on any atom is 0.435 e. The molecule has 3 aromatic rings. The number of furan rings is 1. The number of rotatable bonds is 3. The minimum Gasteiger partial charge on any atom is -0.464 e. The number of aromatic nitrogens is 1. The Morgan fingerprint density at radius 3 is 2.55 bits per heavy atom. The first-order valence-electron chi connectivity index (χ1n) is 8.50. The molecule has 3 heterocycles. The fourth-order valence-corrected chi connectivity index (χ4v) is 3.75. The van der Waals surface area contributed by atoms with Crippen LogP contribution in [0.25, 0.3) is 11.0 Å². The van der Waals surface area contributed by atoms with Gasteiger partial charge in [-0.25, -0.2) is 14.2 Å². The predicted octanol–water partition coefficient (Wildman–Crippen LogP) is 5.64. The van der Waals surface area contributed by atoms with E-state index in [-0.39, 0.29) is 27.9 Å². The van der Waals surface area contributed by atoms with E-state index in [1.165, 1.54) is 12.3 Å². The van der Waals surface area contributed by atoms with Crippen LogP contribution < -0.4 is 0 Å². The molecule has 31 heavy (non-hydrogen) atoms. The summed E-state index contributed by atoms with van der Waals surface area (Å²) in [7, 11) is 1.16. The number of nitrogens with zero attached hydrogens (tertiary/aromatic N) is 2. The Bertz CT molecular complexity index is 1220. The zero-order chi connectivity index (χ0) is 22.6. The monoisotopic (exact) mass is 476 g/mol.